The Kier molecular flexibility index (Phi) is 3.49. The van der Waals surface area contributed by atoms with Crippen LogP contribution in [-0.4, -0.2) is 20.2 Å². The van der Waals surface area contributed by atoms with Crippen LogP contribution in [0.1, 0.15) is 13.3 Å². The van der Waals surface area contributed by atoms with Gasteiger partial charge in [0.15, 0.2) is 0 Å². The summed E-state index contributed by atoms with van der Waals surface area (Å²) in [6.07, 6.45) is 5.29. The lowest BCUT2D eigenvalue weighted by molar-refractivity contribution is -0.132. The summed E-state index contributed by atoms with van der Waals surface area (Å²) >= 11 is 0. The highest BCUT2D eigenvalue weighted by Crippen LogP contribution is 2.00. The number of carboxylic acid groups (broad SMARTS) is 1. The molecule has 0 radical (unpaired) electrons. The fourth-order valence-electron chi connectivity index (χ4n) is 1.24. The van der Waals surface area contributed by atoms with E-state index in [0.717, 1.165) is 0 Å². The van der Waals surface area contributed by atoms with E-state index in [1.54, 1.807) is 32.4 Å². The van der Waals surface area contributed by atoms with Crippen molar-refractivity contribution in [3.05, 3.63) is 34.5 Å². The minimum absolute atomic E-state index is 0.146. The number of imidazole rings is 1. The topological polar surface area (TPSA) is 64.2 Å². The summed E-state index contributed by atoms with van der Waals surface area (Å²) in [5.74, 6) is -0.929. The Hall–Kier alpha value is -1.78. The van der Waals surface area contributed by atoms with Gasteiger partial charge < -0.3 is 9.67 Å². The highest BCUT2D eigenvalue weighted by molar-refractivity contribution is 5.86. The lowest BCUT2D eigenvalue weighted by atomic mass is 10.2. The molecule has 0 bridgehead atoms. The van der Waals surface area contributed by atoms with Crippen molar-refractivity contribution in [3.8, 4) is 0 Å². The second-order valence-corrected chi connectivity index (χ2v) is 3.23. The normalized spacial score (nSPS) is 11.7. The van der Waals surface area contributed by atoms with Crippen molar-refractivity contribution in [2.75, 3.05) is 0 Å². The largest absolute Gasteiger partial charge is 0.478 e. The van der Waals surface area contributed by atoms with Gasteiger partial charge in [0.25, 0.3) is 0 Å². The first-order valence-electron chi connectivity index (χ1n) is 4.70. The number of hydrogen-bond acceptors (Lipinski definition) is 2. The van der Waals surface area contributed by atoms with E-state index in [0.29, 0.717) is 18.5 Å². The van der Waals surface area contributed by atoms with Gasteiger partial charge in [-0.2, -0.15) is 0 Å². The Morgan fingerprint density at radius 1 is 1.53 bits per heavy atom. The van der Waals surface area contributed by atoms with Crippen molar-refractivity contribution in [2.45, 2.75) is 19.9 Å². The number of aliphatic carboxylic acids is 1. The Morgan fingerprint density at radius 2 is 2.20 bits per heavy atom. The number of hydrogen-bond donors (Lipinski definition) is 1. The molecule has 1 N–H and O–H groups in total. The zero-order chi connectivity index (χ0) is 11.4. The van der Waals surface area contributed by atoms with Crippen molar-refractivity contribution >= 4 is 5.97 Å². The molecule has 0 saturated heterocycles. The molecule has 1 rings (SSSR count). The van der Waals surface area contributed by atoms with Crippen molar-refractivity contribution in [1.29, 1.82) is 0 Å². The minimum atomic E-state index is -0.929. The molecule has 1 heterocycles. The maximum Gasteiger partial charge on any atom is 0.331 e. The van der Waals surface area contributed by atoms with Gasteiger partial charge in [0.05, 0.1) is 0 Å². The van der Waals surface area contributed by atoms with Gasteiger partial charge in [-0.25, -0.2) is 9.59 Å². The lowest BCUT2D eigenvalue weighted by Gasteiger charge is -1.98. The van der Waals surface area contributed by atoms with E-state index in [1.165, 1.54) is 9.13 Å². The first-order chi connectivity index (χ1) is 7.06. The Balaban J connectivity index is 2.84. The van der Waals surface area contributed by atoms with Crippen LogP contribution in [0.2, 0.25) is 0 Å². The van der Waals surface area contributed by atoms with Crippen LogP contribution < -0.4 is 5.69 Å². The fourth-order valence-corrected chi connectivity index (χ4v) is 1.24. The van der Waals surface area contributed by atoms with E-state index >= 15 is 0 Å². The molecule has 0 aromatic carbocycles. The summed E-state index contributed by atoms with van der Waals surface area (Å²) in [4.78, 5) is 22.1. The zero-order valence-electron chi connectivity index (χ0n) is 8.80. The Morgan fingerprint density at radius 3 is 2.60 bits per heavy atom. The van der Waals surface area contributed by atoms with E-state index in [9.17, 15) is 9.59 Å². The van der Waals surface area contributed by atoms with Gasteiger partial charge >= 0.3 is 11.7 Å². The zero-order valence-corrected chi connectivity index (χ0v) is 8.80. The van der Waals surface area contributed by atoms with Gasteiger partial charge in [0.1, 0.15) is 0 Å². The highest BCUT2D eigenvalue weighted by Gasteiger charge is 2.04. The first kappa shape index (κ1) is 11.3. The smallest absolute Gasteiger partial charge is 0.331 e. The molecule has 0 aliphatic heterocycles. The molecule has 0 aliphatic carbocycles. The minimum Gasteiger partial charge on any atom is -0.478 e. The molecule has 1 aromatic rings. The third-order valence-electron chi connectivity index (χ3n) is 2.21. The number of aryl methyl sites for hydroxylation is 1. The van der Waals surface area contributed by atoms with Crippen LogP contribution in [0.25, 0.3) is 0 Å². The predicted octanol–water partition coefficient (Wildman–Crippen LogP) is 0.608. The summed E-state index contributed by atoms with van der Waals surface area (Å²) in [5.41, 5.74) is 0.179. The number of carboxylic acids is 1. The molecule has 0 fully saturated rings. The summed E-state index contributed by atoms with van der Waals surface area (Å²) in [6, 6.07) is 0. The van der Waals surface area contributed by atoms with Gasteiger partial charge in [0.2, 0.25) is 0 Å². The van der Waals surface area contributed by atoms with Gasteiger partial charge in [-0.3, -0.25) is 4.57 Å². The van der Waals surface area contributed by atoms with Gasteiger partial charge in [-0.05, 0) is 6.42 Å². The summed E-state index contributed by atoms with van der Waals surface area (Å²) in [6.45, 7) is 2.07. The molecule has 0 unspecified atom stereocenters. The van der Waals surface area contributed by atoms with Crippen LogP contribution in [0.15, 0.2) is 28.8 Å². The van der Waals surface area contributed by atoms with Gasteiger partial charge in [-0.15, -0.1) is 0 Å². The van der Waals surface area contributed by atoms with Crippen molar-refractivity contribution in [3.63, 3.8) is 0 Å². The number of rotatable bonds is 4. The third-order valence-corrected chi connectivity index (χ3v) is 2.21. The van der Waals surface area contributed by atoms with E-state index in [-0.39, 0.29) is 5.69 Å². The van der Waals surface area contributed by atoms with Crippen LogP contribution in [0.5, 0.6) is 0 Å². The molecule has 15 heavy (non-hydrogen) atoms. The predicted molar refractivity (Wildman–Crippen MR) is 55.7 cm³/mol. The van der Waals surface area contributed by atoms with Crippen molar-refractivity contribution in [1.82, 2.24) is 9.13 Å². The number of allylic oxidation sites excluding steroid dienone is 1. The molecule has 82 valence electrons. The second-order valence-electron chi connectivity index (χ2n) is 3.23. The van der Waals surface area contributed by atoms with E-state index in [4.69, 9.17) is 5.11 Å². The van der Waals surface area contributed by atoms with Crippen molar-refractivity contribution in [2.24, 2.45) is 7.05 Å². The quantitative estimate of drug-likeness (QED) is 0.740. The fraction of sp³-hybridized carbons (Fsp3) is 0.400. The average molecular weight is 210 g/mol. The summed E-state index contributed by atoms with van der Waals surface area (Å²) < 4.78 is 2.90. The average Bonchev–Trinajstić information content (AvgIpc) is 2.49. The molecular weight excluding hydrogens is 196 g/mol. The van der Waals surface area contributed by atoms with Crippen LogP contribution in [0.4, 0.5) is 0 Å². The number of nitrogens with zero attached hydrogens (tertiary/aromatic N) is 2. The first-order valence-corrected chi connectivity index (χ1v) is 4.70. The molecule has 0 saturated carbocycles. The molecular formula is C10H14N2O3. The molecule has 0 aliphatic rings. The van der Waals surface area contributed by atoms with E-state index in [2.05, 4.69) is 0 Å². The molecule has 5 nitrogen and oxygen atoms in total. The maximum absolute atomic E-state index is 11.4. The maximum atomic E-state index is 11.4. The summed E-state index contributed by atoms with van der Waals surface area (Å²) in [5, 5.41) is 8.76. The van der Waals surface area contributed by atoms with Crippen LogP contribution in [-0.2, 0) is 18.4 Å². The third kappa shape index (κ3) is 2.59. The van der Waals surface area contributed by atoms with E-state index in [1.807, 2.05) is 0 Å². The summed E-state index contributed by atoms with van der Waals surface area (Å²) in [7, 11) is 1.65. The van der Waals surface area contributed by atoms with Gasteiger partial charge in [-0.1, -0.05) is 13.0 Å². The number of aromatic nitrogens is 2. The highest BCUT2D eigenvalue weighted by atomic mass is 16.4. The Bertz CT molecular complexity index is 440. The van der Waals surface area contributed by atoms with Gasteiger partial charge in [0, 0.05) is 31.6 Å². The molecule has 0 spiro atoms. The standard InChI is InChI=1S/C10H14N2O3/c1-3-8(9(13)14)4-5-12-7-6-11(2)10(12)15/h4,6-7H,3,5H2,1-2H3,(H,13,14)/b8-4-. The molecule has 1 aromatic heterocycles. The van der Waals surface area contributed by atoms with Crippen LogP contribution in [0, 0.1) is 0 Å². The monoisotopic (exact) mass is 210 g/mol. The SMILES string of the molecule is CC/C(=C/Cn1ccn(C)c1=O)C(=O)O. The number of carbonyl (C=O) groups is 1. The Labute approximate surface area is 87.3 Å². The van der Waals surface area contributed by atoms with Crippen LogP contribution in [0.3, 0.4) is 0 Å². The van der Waals surface area contributed by atoms with Crippen LogP contribution >= 0.6 is 0 Å². The molecule has 0 atom stereocenters. The van der Waals surface area contributed by atoms with E-state index < -0.39 is 5.97 Å². The molecule has 0 amide bonds. The van der Waals surface area contributed by atoms with Crippen molar-refractivity contribution < 1.29 is 9.90 Å². The lowest BCUT2D eigenvalue weighted by Crippen LogP contribution is -2.21. The molecule has 5 heteroatoms. The second kappa shape index (κ2) is 4.63.